The maximum absolute atomic E-state index is 11.1. The van der Waals surface area contributed by atoms with Gasteiger partial charge in [0.2, 0.25) is 5.65 Å². The van der Waals surface area contributed by atoms with E-state index in [2.05, 4.69) is 34.5 Å². The highest BCUT2D eigenvalue weighted by Crippen LogP contribution is 2.19. The fourth-order valence-electron chi connectivity index (χ4n) is 3.39. The first kappa shape index (κ1) is 21.1. The van der Waals surface area contributed by atoms with Crippen LogP contribution in [0.3, 0.4) is 0 Å². The first-order valence-corrected chi connectivity index (χ1v) is 11.6. The number of nitrogens with zero attached hydrogens (tertiary/aromatic N) is 8. The molecule has 1 atom stereocenters. The van der Waals surface area contributed by atoms with E-state index in [1.165, 1.54) is 10.9 Å². The lowest BCUT2D eigenvalue weighted by Gasteiger charge is -2.09. The average molecular weight is 466 g/mol. The number of hydrogen-bond donors (Lipinski definition) is 1. The maximum atomic E-state index is 11.1. The van der Waals surface area contributed by atoms with Crippen LogP contribution in [0.5, 0.6) is 0 Å². The Morgan fingerprint density at radius 2 is 2.06 bits per heavy atom. The maximum Gasteiger partial charge on any atom is 0.266 e. The van der Waals surface area contributed by atoms with Crippen molar-refractivity contribution in [2.75, 3.05) is 6.26 Å². The van der Waals surface area contributed by atoms with Gasteiger partial charge in [-0.3, -0.25) is 9.67 Å². The van der Waals surface area contributed by atoms with E-state index in [0.29, 0.717) is 29.1 Å². The molecule has 1 unspecified atom stereocenters. The second-order valence-corrected chi connectivity index (χ2v) is 8.99. The zero-order valence-corrected chi connectivity index (χ0v) is 18.2. The van der Waals surface area contributed by atoms with Gasteiger partial charge >= 0.3 is 0 Å². The van der Waals surface area contributed by atoms with E-state index in [0.717, 1.165) is 22.7 Å². The van der Waals surface area contributed by atoms with Gasteiger partial charge < -0.3 is 5.11 Å². The van der Waals surface area contributed by atoms with Crippen LogP contribution < -0.4 is 0 Å². The summed E-state index contributed by atoms with van der Waals surface area (Å²) in [5.74, 6) is 0. The van der Waals surface area contributed by atoms with E-state index < -0.39 is 16.4 Å². The molecule has 4 aromatic heterocycles. The van der Waals surface area contributed by atoms with Crippen LogP contribution >= 0.6 is 0 Å². The van der Waals surface area contributed by atoms with Gasteiger partial charge in [-0.1, -0.05) is 17.3 Å². The van der Waals surface area contributed by atoms with Crippen molar-refractivity contribution in [3.05, 3.63) is 60.7 Å². The van der Waals surface area contributed by atoms with Crippen molar-refractivity contribution in [1.29, 1.82) is 0 Å². The third kappa shape index (κ3) is 4.69. The Morgan fingerprint density at radius 1 is 1.18 bits per heavy atom. The Labute approximate surface area is 187 Å². The lowest BCUT2D eigenvalue weighted by atomic mass is 10.1. The molecule has 0 radical (unpaired) electrons. The summed E-state index contributed by atoms with van der Waals surface area (Å²) in [4.78, 5) is 13.3. The molecule has 13 heteroatoms. The fourth-order valence-corrected chi connectivity index (χ4v) is 3.85. The molecular formula is C20H18N8O4S. The van der Waals surface area contributed by atoms with Gasteiger partial charge in [0.05, 0.1) is 42.9 Å². The zero-order valence-electron chi connectivity index (χ0n) is 17.3. The van der Waals surface area contributed by atoms with E-state index in [1.807, 2.05) is 30.3 Å². The molecule has 0 spiro atoms. The third-order valence-corrected chi connectivity index (χ3v) is 5.36. The Balaban J connectivity index is 1.40. The Hall–Kier alpha value is -3.81. The largest absolute Gasteiger partial charge is 0.365 e. The molecule has 0 aliphatic heterocycles. The highest BCUT2D eigenvalue weighted by molar-refractivity contribution is 7.86. The van der Waals surface area contributed by atoms with Gasteiger partial charge in [0.1, 0.15) is 0 Å². The summed E-state index contributed by atoms with van der Waals surface area (Å²) in [6.45, 7) is 0.285. The first-order chi connectivity index (χ1) is 15.8. The number of aromatic nitrogens is 8. The lowest BCUT2D eigenvalue weighted by Crippen LogP contribution is -2.22. The van der Waals surface area contributed by atoms with E-state index >= 15 is 0 Å². The zero-order chi connectivity index (χ0) is 23.0. The van der Waals surface area contributed by atoms with E-state index in [1.54, 1.807) is 23.3 Å². The minimum Gasteiger partial charge on any atom is -0.365 e. The minimum atomic E-state index is -3.78. The van der Waals surface area contributed by atoms with Gasteiger partial charge in [-0.25, -0.2) is 18.8 Å². The van der Waals surface area contributed by atoms with Crippen LogP contribution in [0.25, 0.3) is 33.5 Å². The summed E-state index contributed by atoms with van der Waals surface area (Å²) in [7, 11) is -3.78. The van der Waals surface area contributed by atoms with Gasteiger partial charge in [-0.2, -0.15) is 13.5 Å². The molecule has 33 heavy (non-hydrogen) atoms. The fraction of sp³-hybridized carbons (Fsp3) is 0.200. The van der Waals surface area contributed by atoms with Crippen LogP contribution in [-0.4, -0.2) is 65.8 Å². The lowest BCUT2D eigenvalue weighted by molar-refractivity contribution is -0.0258. The summed E-state index contributed by atoms with van der Waals surface area (Å²) in [6.07, 6.45) is 5.76. The molecule has 0 saturated carbocycles. The van der Waals surface area contributed by atoms with Gasteiger partial charge in [0, 0.05) is 23.3 Å². The minimum absolute atomic E-state index is 0.168. The quantitative estimate of drug-likeness (QED) is 0.271. The SMILES string of the molecule is CS(=O)(=O)OC(O)Cn1cc(-c2cnc3nnn(Cc4ccc5ncccc5c4)c3n2)cn1. The predicted molar refractivity (Wildman–Crippen MR) is 117 cm³/mol. The third-order valence-electron chi connectivity index (χ3n) is 4.79. The molecule has 5 rings (SSSR count). The number of benzene rings is 1. The topological polar surface area (TPSA) is 151 Å². The monoisotopic (exact) mass is 466 g/mol. The highest BCUT2D eigenvalue weighted by atomic mass is 32.2. The van der Waals surface area contributed by atoms with Crippen molar-refractivity contribution >= 4 is 32.3 Å². The molecule has 5 aromatic rings. The summed E-state index contributed by atoms with van der Waals surface area (Å²) >= 11 is 0. The van der Waals surface area contributed by atoms with Crippen LogP contribution in [0.2, 0.25) is 0 Å². The standard InChI is InChI=1S/C20H18N8O4S/c1-33(30,31)32-18(29)12-27-11-15(8-23-27)17-9-22-19-20(24-17)28(26-25-19)10-13-4-5-16-14(7-13)3-2-6-21-16/h2-9,11,18,29H,10,12H2,1H3. The molecular weight excluding hydrogens is 448 g/mol. The van der Waals surface area contributed by atoms with Crippen molar-refractivity contribution in [2.45, 2.75) is 19.4 Å². The van der Waals surface area contributed by atoms with Crippen LogP contribution in [0.15, 0.2) is 55.1 Å². The number of rotatable bonds is 7. The molecule has 1 N–H and O–H groups in total. The van der Waals surface area contributed by atoms with Crippen LogP contribution in [0.1, 0.15) is 5.56 Å². The first-order valence-electron chi connectivity index (χ1n) is 9.83. The Kier molecular flexibility index (Phi) is 5.28. The van der Waals surface area contributed by atoms with Gasteiger partial charge in [0.15, 0.2) is 11.9 Å². The van der Waals surface area contributed by atoms with Gasteiger partial charge in [0.25, 0.3) is 10.1 Å². The van der Waals surface area contributed by atoms with E-state index in [9.17, 15) is 13.5 Å². The van der Waals surface area contributed by atoms with E-state index in [-0.39, 0.29) is 6.54 Å². The van der Waals surface area contributed by atoms with Crippen molar-refractivity contribution < 1.29 is 17.7 Å². The summed E-state index contributed by atoms with van der Waals surface area (Å²) in [5.41, 5.74) is 3.99. The molecule has 12 nitrogen and oxygen atoms in total. The number of pyridine rings is 1. The molecule has 0 bridgehead atoms. The van der Waals surface area contributed by atoms with Crippen molar-refractivity contribution in [3.63, 3.8) is 0 Å². The smallest absolute Gasteiger partial charge is 0.266 e. The predicted octanol–water partition coefficient (Wildman–Crippen LogP) is 0.976. The molecule has 0 aliphatic carbocycles. The molecule has 4 heterocycles. The van der Waals surface area contributed by atoms with Crippen LogP contribution in [-0.2, 0) is 27.4 Å². The van der Waals surface area contributed by atoms with Crippen molar-refractivity contribution in [2.24, 2.45) is 0 Å². The van der Waals surface area contributed by atoms with Gasteiger partial charge in [-0.05, 0) is 23.8 Å². The summed E-state index contributed by atoms with van der Waals surface area (Å²) in [5, 5.41) is 23.2. The normalized spacial score (nSPS) is 13.0. The molecule has 168 valence electrons. The summed E-state index contributed by atoms with van der Waals surface area (Å²) < 4.78 is 29.8. The van der Waals surface area contributed by atoms with Gasteiger partial charge in [-0.15, -0.1) is 5.10 Å². The molecule has 0 fully saturated rings. The Morgan fingerprint density at radius 3 is 2.91 bits per heavy atom. The van der Waals surface area contributed by atoms with Crippen LogP contribution in [0, 0.1) is 0 Å². The van der Waals surface area contributed by atoms with Crippen molar-refractivity contribution in [3.8, 4) is 11.3 Å². The molecule has 0 amide bonds. The summed E-state index contributed by atoms with van der Waals surface area (Å²) in [6, 6.07) is 9.87. The van der Waals surface area contributed by atoms with Crippen LogP contribution in [0.4, 0.5) is 0 Å². The van der Waals surface area contributed by atoms with Crippen molar-refractivity contribution in [1.82, 2.24) is 39.7 Å². The Bertz CT molecular complexity index is 1560. The van der Waals surface area contributed by atoms with E-state index in [4.69, 9.17) is 0 Å². The number of fused-ring (bicyclic) bond motifs is 2. The number of aliphatic hydroxyl groups is 1. The number of hydrogen-bond acceptors (Lipinski definition) is 10. The molecule has 0 aliphatic rings. The number of aliphatic hydroxyl groups excluding tert-OH is 1. The molecule has 0 saturated heterocycles. The second kappa shape index (κ2) is 8.27. The molecule has 1 aromatic carbocycles. The second-order valence-electron chi connectivity index (χ2n) is 7.39. The highest BCUT2D eigenvalue weighted by Gasteiger charge is 2.15. The average Bonchev–Trinajstić information content (AvgIpc) is 3.39.